The molecular formula is C23H33ClN2O4. The van der Waals surface area contributed by atoms with Crippen LogP contribution in [0.25, 0.3) is 0 Å². The lowest BCUT2D eigenvalue weighted by Gasteiger charge is -2.43. The molecule has 3 rings (SSSR count). The van der Waals surface area contributed by atoms with E-state index in [1.165, 1.54) is 0 Å². The van der Waals surface area contributed by atoms with Crippen LogP contribution < -0.4 is 0 Å². The molecule has 7 heteroatoms. The minimum absolute atomic E-state index is 0.0921. The molecule has 0 radical (unpaired) electrons. The fourth-order valence-corrected chi connectivity index (χ4v) is 4.64. The van der Waals surface area contributed by atoms with Crippen LogP contribution in [0.1, 0.15) is 64.4 Å². The maximum Gasteiger partial charge on any atom is 0.410 e. The minimum atomic E-state index is -1.07. The molecule has 1 atom stereocenters. The second kappa shape index (κ2) is 9.15. The normalized spacial score (nSPS) is 20.6. The van der Waals surface area contributed by atoms with Crippen molar-refractivity contribution in [1.29, 1.82) is 0 Å². The zero-order valence-corrected chi connectivity index (χ0v) is 19.0. The summed E-state index contributed by atoms with van der Waals surface area (Å²) in [4.78, 5) is 29.3. The maximum absolute atomic E-state index is 13.6. The second-order valence-corrected chi connectivity index (χ2v) is 9.88. The predicted molar refractivity (Wildman–Crippen MR) is 117 cm³/mol. The summed E-state index contributed by atoms with van der Waals surface area (Å²) in [6.45, 7) is 7.19. The van der Waals surface area contributed by atoms with Crippen molar-refractivity contribution in [3.63, 3.8) is 0 Å². The van der Waals surface area contributed by atoms with Gasteiger partial charge in [0.25, 0.3) is 0 Å². The van der Waals surface area contributed by atoms with Gasteiger partial charge in [0.15, 0.2) is 0 Å². The lowest BCUT2D eigenvalue weighted by atomic mass is 9.72. The number of ether oxygens (including phenoxy) is 1. The Morgan fingerprint density at radius 1 is 1.07 bits per heavy atom. The van der Waals surface area contributed by atoms with Gasteiger partial charge in [0, 0.05) is 31.2 Å². The number of nitrogens with zero attached hydrogens (tertiary/aromatic N) is 2. The number of carbonyl (C=O) groups is 2. The summed E-state index contributed by atoms with van der Waals surface area (Å²) in [6, 6.07) is 7.26. The van der Waals surface area contributed by atoms with E-state index in [0.717, 1.165) is 24.8 Å². The molecule has 0 aromatic heterocycles. The van der Waals surface area contributed by atoms with E-state index in [9.17, 15) is 14.7 Å². The van der Waals surface area contributed by atoms with Gasteiger partial charge in [-0.3, -0.25) is 4.79 Å². The van der Waals surface area contributed by atoms with E-state index in [1.807, 2.05) is 32.9 Å². The fourth-order valence-electron chi connectivity index (χ4n) is 4.44. The van der Waals surface area contributed by atoms with Gasteiger partial charge >= 0.3 is 6.09 Å². The molecule has 1 aromatic rings. The SMILES string of the molecule is CC(C)(C)OC(=O)N1CCN(C(=O)[C@H](c2cccc(Cl)c2)C2(O)CCCCC2)CC1. The van der Waals surface area contributed by atoms with Crippen LogP contribution in [0, 0.1) is 0 Å². The quantitative estimate of drug-likeness (QED) is 0.770. The van der Waals surface area contributed by atoms with Crippen LogP contribution in [0.15, 0.2) is 24.3 Å². The molecule has 1 saturated heterocycles. The summed E-state index contributed by atoms with van der Waals surface area (Å²) < 4.78 is 5.44. The van der Waals surface area contributed by atoms with Crippen molar-refractivity contribution in [3.8, 4) is 0 Å². The maximum atomic E-state index is 13.6. The van der Waals surface area contributed by atoms with E-state index >= 15 is 0 Å². The largest absolute Gasteiger partial charge is 0.444 e. The molecular weight excluding hydrogens is 404 g/mol. The predicted octanol–water partition coefficient (Wildman–Crippen LogP) is 4.20. The molecule has 1 heterocycles. The van der Waals surface area contributed by atoms with Crippen LogP contribution in [0.4, 0.5) is 4.79 Å². The molecule has 166 valence electrons. The first-order valence-electron chi connectivity index (χ1n) is 10.8. The van der Waals surface area contributed by atoms with Crippen molar-refractivity contribution in [2.24, 2.45) is 0 Å². The molecule has 0 spiro atoms. The van der Waals surface area contributed by atoms with Gasteiger partial charge in [0.2, 0.25) is 5.91 Å². The topological polar surface area (TPSA) is 70.1 Å². The molecule has 1 N–H and O–H groups in total. The molecule has 2 fully saturated rings. The van der Waals surface area contributed by atoms with E-state index in [-0.39, 0.29) is 12.0 Å². The Morgan fingerprint density at radius 2 is 1.67 bits per heavy atom. The highest BCUT2D eigenvalue weighted by Crippen LogP contribution is 2.41. The summed E-state index contributed by atoms with van der Waals surface area (Å²) >= 11 is 6.21. The zero-order chi connectivity index (χ0) is 21.9. The summed E-state index contributed by atoms with van der Waals surface area (Å²) in [5, 5.41) is 12.0. The van der Waals surface area contributed by atoms with Crippen LogP contribution in [0.3, 0.4) is 0 Å². The first-order chi connectivity index (χ1) is 14.1. The smallest absolute Gasteiger partial charge is 0.410 e. The highest BCUT2D eigenvalue weighted by molar-refractivity contribution is 6.30. The van der Waals surface area contributed by atoms with E-state index in [1.54, 1.807) is 21.9 Å². The van der Waals surface area contributed by atoms with Gasteiger partial charge < -0.3 is 19.6 Å². The first-order valence-corrected chi connectivity index (χ1v) is 11.2. The Labute approximate surface area is 184 Å². The van der Waals surface area contributed by atoms with Crippen LogP contribution in [0.5, 0.6) is 0 Å². The third-order valence-corrected chi connectivity index (χ3v) is 6.16. The van der Waals surface area contributed by atoms with Crippen LogP contribution in [0.2, 0.25) is 5.02 Å². The summed E-state index contributed by atoms with van der Waals surface area (Å²) in [6.07, 6.45) is 3.75. The van der Waals surface area contributed by atoms with Crippen LogP contribution >= 0.6 is 11.6 Å². The third kappa shape index (κ3) is 5.46. The highest BCUT2D eigenvalue weighted by atomic mass is 35.5. The van der Waals surface area contributed by atoms with Gasteiger partial charge in [0.05, 0.1) is 11.5 Å². The Kier molecular flexibility index (Phi) is 6.98. The van der Waals surface area contributed by atoms with Crippen LogP contribution in [-0.4, -0.2) is 64.3 Å². The zero-order valence-electron chi connectivity index (χ0n) is 18.2. The van der Waals surface area contributed by atoms with Gasteiger partial charge in [-0.25, -0.2) is 4.79 Å². The summed E-state index contributed by atoms with van der Waals surface area (Å²) in [5.41, 5.74) is -0.861. The van der Waals surface area contributed by atoms with E-state index < -0.39 is 17.1 Å². The third-order valence-electron chi connectivity index (χ3n) is 5.93. The molecule has 0 bridgehead atoms. The van der Waals surface area contributed by atoms with Gasteiger partial charge in [-0.15, -0.1) is 0 Å². The van der Waals surface area contributed by atoms with Gasteiger partial charge in [-0.05, 0) is 51.3 Å². The van der Waals surface area contributed by atoms with Gasteiger partial charge in [-0.2, -0.15) is 0 Å². The first kappa shape index (κ1) is 22.9. The van der Waals surface area contributed by atoms with E-state index in [0.29, 0.717) is 44.0 Å². The van der Waals surface area contributed by atoms with Crippen molar-refractivity contribution in [2.45, 2.75) is 70.0 Å². The molecule has 1 aliphatic carbocycles. The van der Waals surface area contributed by atoms with Gasteiger partial charge in [0.1, 0.15) is 5.60 Å². The number of aliphatic hydroxyl groups is 1. The molecule has 1 saturated carbocycles. The molecule has 30 heavy (non-hydrogen) atoms. The number of hydrogen-bond donors (Lipinski definition) is 1. The van der Waals surface area contributed by atoms with Crippen molar-refractivity contribution in [2.75, 3.05) is 26.2 Å². The summed E-state index contributed by atoms with van der Waals surface area (Å²) in [5.74, 6) is -0.741. The molecule has 6 nitrogen and oxygen atoms in total. The van der Waals surface area contributed by atoms with Crippen molar-refractivity contribution in [1.82, 2.24) is 9.80 Å². The Morgan fingerprint density at radius 3 is 2.23 bits per heavy atom. The Balaban J connectivity index is 1.75. The van der Waals surface area contributed by atoms with Crippen molar-refractivity contribution >= 4 is 23.6 Å². The highest BCUT2D eigenvalue weighted by Gasteiger charge is 2.45. The molecule has 1 aliphatic heterocycles. The second-order valence-electron chi connectivity index (χ2n) is 9.44. The number of benzene rings is 1. The average molecular weight is 437 g/mol. The average Bonchev–Trinajstić information content (AvgIpc) is 2.67. The monoisotopic (exact) mass is 436 g/mol. The molecule has 2 aliphatic rings. The Bertz CT molecular complexity index is 763. The number of halogens is 1. The fraction of sp³-hybridized carbons (Fsp3) is 0.652. The standard InChI is InChI=1S/C23H33ClN2O4/c1-22(2,3)30-21(28)26-14-12-25(13-15-26)20(27)19(17-8-7-9-18(24)16-17)23(29)10-5-4-6-11-23/h7-9,16,19,29H,4-6,10-15H2,1-3H3/t19-/m0/s1. The van der Waals surface area contributed by atoms with Crippen LogP contribution in [-0.2, 0) is 9.53 Å². The minimum Gasteiger partial charge on any atom is -0.444 e. The number of carbonyl (C=O) groups excluding carboxylic acids is 2. The molecule has 2 amide bonds. The van der Waals surface area contributed by atoms with E-state index in [2.05, 4.69) is 0 Å². The van der Waals surface area contributed by atoms with Crippen molar-refractivity contribution < 1.29 is 19.4 Å². The Hall–Kier alpha value is -1.79. The lowest BCUT2D eigenvalue weighted by molar-refractivity contribution is -0.143. The van der Waals surface area contributed by atoms with E-state index in [4.69, 9.17) is 16.3 Å². The number of amides is 2. The molecule has 1 aromatic carbocycles. The molecule has 0 unspecified atom stereocenters. The summed E-state index contributed by atoms with van der Waals surface area (Å²) in [7, 11) is 0. The number of piperazine rings is 1. The van der Waals surface area contributed by atoms with Gasteiger partial charge in [-0.1, -0.05) is 43.0 Å². The number of rotatable bonds is 3. The van der Waals surface area contributed by atoms with Crippen molar-refractivity contribution in [3.05, 3.63) is 34.9 Å². The lowest BCUT2D eigenvalue weighted by Crippen LogP contribution is -2.55. The number of hydrogen-bond acceptors (Lipinski definition) is 4.